The van der Waals surface area contributed by atoms with E-state index < -0.39 is 4.92 Å². The van der Waals surface area contributed by atoms with E-state index in [1.807, 2.05) is 16.7 Å². The summed E-state index contributed by atoms with van der Waals surface area (Å²) in [4.78, 5) is 24.2. The number of rotatable bonds is 5. The number of piperazine rings is 1. The molecule has 3 rings (SSSR count). The van der Waals surface area contributed by atoms with E-state index in [2.05, 4.69) is 20.2 Å². The fourth-order valence-electron chi connectivity index (χ4n) is 2.81. The lowest BCUT2D eigenvalue weighted by Gasteiger charge is -2.30. The number of ether oxygens (including phenoxy) is 1. The molecule has 1 aromatic rings. The van der Waals surface area contributed by atoms with E-state index >= 15 is 0 Å². The van der Waals surface area contributed by atoms with Crippen LogP contribution in [-0.4, -0.2) is 72.3 Å². The van der Waals surface area contributed by atoms with Gasteiger partial charge in [0.25, 0.3) is 0 Å². The Morgan fingerprint density at radius 1 is 1.21 bits per heavy atom. The molecule has 2 saturated heterocycles. The Balaban J connectivity index is 2.04. The van der Waals surface area contributed by atoms with Crippen LogP contribution in [0.5, 0.6) is 5.88 Å². The number of thioether (sulfide) groups is 1. The van der Waals surface area contributed by atoms with Gasteiger partial charge in [0.1, 0.15) is 0 Å². The average Bonchev–Trinajstić information content (AvgIpc) is 2.62. The number of hydrogen-bond acceptors (Lipinski definition) is 9. The maximum absolute atomic E-state index is 11.6. The molecule has 3 heterocycles. The molecular weight excluding hydrogens is 332 g/mol. The van der Waals surface area contributed by atoms with Crippen molar-refractivity contribution in [3.05, 3.63) is 10.1 Å². The maximum Gasteiger partial charge on any atom is 0.373 e. The smallest absolute Gasteiger partial charge is 0.373 e. The van der Waals surface area contributed by atoms with E-state index in [0.717, 1.165) is 37.7 Å². The van der Waals surface area contributed by atoms with E-state index in [0.29, 0.717) is 31.5 Å². The summed E-state index contributed by atoms with van der Waals surface area (Å²) in [5.41, 5.74) is -0.131. The molecule has 2 aliphatic heterocycles. The molecule has 2 fully saturated rings. The summed E-state index contributed by atoms with van der Waals surface area (Å²) in [5.74, 6) is 2.98. The SMILES string of the molecule is CCOc1nc(N2CCSCC2)nc(N2CCNCC2)c1[N+](=O)[O-]. The van der Waals surface area contributed by atoms with Gasteiger partial charge in [0.15, 0.2) is 0 Å². The molecule has 2 aliphatic rings. The highest BCUT2D eigenvalue weighted by Gasteiger charge is 2.32. The summed E-state index contributed by atoms with van der Waals surface area (Å²) >= 11 is 1.89. The molecule has 0 aliphatic carbocycles. The van der Waals surface area contributed by atoms with Crippen LogP contribution in [0.1, 0.15) is 6.92 Å². The zero-order valence-electron chi connectivity index (χ0n) is 13.7. The quantitative estimate of drug-likeness (QED) is 0.606. The average molecular weight is 354 g/mol. The van der Waals surface area contributed by atoms with Gasteiger partial charge in [-0.15, -0.1) is 0 Å². The fourth-order valence-corrected chi connectivity index (χ4v) is 3.71. The lowest BCUT2D eigenvalue weighted by Crippen LogP contribution is -2.44. The number of anilines is 2. The predicted molar refractivity (Wildman–Crippen MR) is 94.5 cm³/mol. The summed E-state index contributed by atoms with van der Waals surface area (Å²) in [7, 11) is 0. The standard InChI is InChI=1S/C14H22N6O3S/c1-2-23-13-11(20(21)22)12(18-5-3-15-4-6-18)16-14(17-13)19-7-9-24-10-8-19/h15H,2-10H2,1H3. The van der Waals surface area contributed by atoms with Gasteiger partial charge in [-0.05, 0) is 6.92 Å². The summed E-state index contributed by atoms with van der Waals surface area (Å²) in [6.07, 6.45) is 0. The molecule has 24 heavy (non-hydrogen) atoms. The van der Waals surface area contributed by atoms with Gasteiger partial charge in [0, 0.05) is 50.8 Å². The Morgan fingerprint density at radius 3 is 2.54 bits per heavy atom. The third-order valence-corrected chi connectivity index (χ3v) is 4.94. The molecule has 10 heteroatoms. The largest absolute Gasteiger partial charge is 0.473 e. The van der Waals surface area contributed by atoms with Gasteiger partial charge >= 0.3 is 11.6 Å². The van der Waals surface area contributed by atoms with Crippen LogP contribution < -0.4 is 19.9 Å². The van der Waals surface area contributed by atoms with Gasteiger partial charge in [-0.1, -0.05) is 0 Å². The topological polar surface area (TPSA) is 96.7 Å². The van der Waals surface area contributed by atoms with Crippen molar-refractivity contribution in [2.24, 2.45) is 0 Å². The fraction of sp³-hybridized carbons (Fsp3) is 0.714. The van der Waals surface area contributed by atoms with Crippen LogP contribution in [0.4, 0.5) is 17.5 Å². The summed E-state index contributed by atoms with van der Waals surface area (Å²) in [6, 6.07) is 0. The van der Waals surface area contributed by atoms with Crippen LogP contribution in [0.2, 0.25) is 0 Å². The maximum atomic E-state index is 11.6. The Morgan fingerprint density at radius 2 is 1.92 bits per heavy atom. The summed E-state index contributed by atoms with van der Waals surface area (Å²) in [5, 5.41) is 14.9. The van der Waals surface area contributed by atoms with Gasteiger partial charge in [-0.2, -0.15) is 21.7 Å². The van der Waals surface area contributed by atoms with Crippen LogP contribution in [0.15, 0.2) is 0 Å². The second kappa shape index (κ2) is 7.84. The Bertz CT molecular complexity index is 590. The lowest BCUT2D eigenvalue weighted by molar-refractivity contribution is -0.385. The third kappa shape index (κ3) is 3.64. The molecule has 0 atom stereocenters. The van der Waals surface area contributed by atoms with Crippen LogP contribution in [0.25, 0.3) is 0 Å². The van der Waals surface area contributed by atoms with Gasteiger partial charge in [0.2, 0.25) is 11.8 Å². The zero-order valence-corrected chi connectivity index (χ0v) is 14.5. The second-order valence-corrected chi connectivity index (χ2v) is 6.75. The van der Waals surface area contributed by atoms with E-state index in [1.54, 1.807) is 6.92 Å². The van der Waals surface area contributed by atoms with Crippen molar-refractivity contribution in [1.29, 1.82) is 0 Å². The first-order chi connectivity index (χ1) is 11.7. The first-order valence-corrected chi connectivity index (χ1v) is 9.33. The van der Waals surface area contributed by atoms with E-state index in [-0.39, 0.29) is 11.6 Å². The molecule has 1 N–H and O–H groups in total. The minimum atomic E-state index is -0.432. The van der Waals surface area contributed by atoms with Crippen molar-refractivity contribution in [2.45, 2.75) is 6.92 Å². The minimum absolute atomic E-state index is 0.0688. The highest BCUT2D eigenvalue weighted by Crippen LogP contribution is 2.36. The van der Waals surface area contributed by atoms with Crippen molar-refractivity contribution in [1.82, 2.24) is 15.3 Å². The summed E-state index contributed by atoms with van der Waals surface area (Å²) < 4.78 is 5.49. The first-order valence-electron chi connectivity index (χ1n) is 8.18. The van der Waals surface area contributed by atoms with Crippen molar-refractivity contribution in [3.8, 4) is 5.88 Å². The van der Waals surface area contributed by atoms with Crippen LogP contribution in [0, 0.1) is 10.1 Å². The highest BCUT2D eigenvalue weighted by atomic mass is 32.2. The first kappa shape index (κ1) is 17.0. The monoisotopic (exact) mass is 354 g/mol. The van der Waals surface area contributed by atoms with Crippen molar-refractivity contribution >= 4 is 29.2 Å². The molecule has 0 radical (unpaired) electrons. The third-order valence-electron chi connectivity index (χ3n) is 4.00. The molecule has 1 aromatic heterocycles. The molecule has 0 aromatic carbocycles. The van der Waals surface area contributed by atoms with Crippen molar-refractivity contribution in [2.75, 3.05) is 67.2 Å². The van der Waals surface area contributed by atoms with Crippen LogP contribution in [0.3, 0.4) is 0 Å². The number of aromatic nitrogens is 2. The molecule has 0 bridgehead atoms. The van der Waals surface area contributed by atoms with Gasteiger partial charge in [-0.25, -0.2) is 0 Å². The second-order valence-electron chi connectivity index (χ2n) is 5.53. The van der Waals surface area contributed by atoms with E-state index in [9.17, 15) is 10.1 Å². The van der Waals surface area contributed by atoms with E-state index in [4.69, 9.17) is 4.74 Å². The van der Waals surface area contributed by atoms with Gasteiger partial charge < -0.3 is 19.9 Å². The Hall–Kier alpha value is -1.81. The predicted octanol–water partition coefficient (Wildman–Crippen LogP) is 0.746. The highest BCUT2D eigenvalue weighted by molar-refractivity contribution is 7.99. The number of nitro groups is 1. The van der Waals surface area contributed by atoms with E-state index in [1.165, 1.54) is 0 Å². The van der Waals surface area contributed by atoms with Crippen LogP contribution in [-0.2, 0) is 0 Å². The molecular formula is C14H22N6O3S. The zero-order chi connectivity index (χ0) is 16.9. The van der Waals surface area contributed by atoms with Crippen LogP contribution >= 0.6 is 11.8 Å². The Kier molecular flexibility index (Phi) is 5.56. The number of nitrogens with one attached hydrogen (secondary N) is 1. The summed E-state index contributed by atoms with van der Waals surface area (Å²) in [6.45, 7) is 6.73. The van der Waals surface area contributed by atoms with Crippen molar-refractivity contribution < 1.29 is 9.66 Å². The normalized spacial score (nSPS) is 18.5. The molecule has 0 spiro atoms. The number of nitrogens with zero attached hydrogens (tertiary/aromatic N) is 5. The molecule has 0 saturated carbocycles. The van der Waals surface area contributed by atoms with Gasteiger partial charge in [0.05, 0.1) is 11.5 Å². The molecule has 0 amide bonds. The van der Waals surface area contributed by atoms with Gasteiger partial charge in [-0.3, -0.25) is 10.1 Å². The molecule has 132 valence electrons. The van der Waals surface area contributed by atoms with Crippen molar-refractivity contribution in [3.63, 3.8) is 0 Å². The molecule has 9 nitrogen and oxygen atoms in total. The lowest BCUT2D eigenvalue weighted by atomic mass is 10.3. The molecule has 0 unspecified atom stereocenters. The number of hydrogen-bond donors (Lipinski definition) is 1. The minimum Gasteiger partial charge on any atom is -0.473 e. The Labute approximate surface area is 144 Å².